The maximum absolute atomic E-state index is 5.67. The molecule has 0 unspecified atom stereocenters. The zero-order chi connectivity index (χ0) is 10.8. The van der Waals surface area contributed by atoms with Crippen LogP contribution in [0.25, 0.3) is 0 Å². The summed E-state index contributed by atoms with van der Waals surface area (Å²) < 4.78 is 5.67. The molecule has 2 rings (SSSR count). The van der Waals surface area contributed by atoms with Crippen molar-refractivity contribution in [2.24, 2.45) is 0 Å². The summed E-state index contributed by atoms with van der Waals surface area (Å²) in [6, 6.07) is 0. The van der Waals surface area contributed by atoms with E-state index >= 15 is 0 Å². The summed E-state index contributed by atoms with van der Waals surface area (Å²) >= 11 is 0. The number of morpholine rings is 1. The van der Waals surface area contributed by atoms with Crippen LogP contribution < -0.4 is 4.90 Å². The Bertz CT molecular complexity index is 315. The molecule has 4 heteroatoms. The van der Waals surface area contributed by atoms with Crippen LogP contribution in [-0.2, 0) is 4.74 Å². The van der Waals surface area contributed by atoms with Crippen molar-refractivity contribution in [3.8, 4) is 0 Å². The quantitative estimate of drug-likeness (QED) is 0.697. The van der Waals surface area contributed by atoms with Crippen LogP contribution in [0.1, 0.15) is 19.5 Å². The molecule has 4 nitrogen and oxygen atoms in total. The van der Waals surface area contributed by atoms with Crippen LogP contribution >= 0.6 is 0 Å². The van der Waals surface area contributed by atoms with Crippen molar-refractivity contribution < 1.29 is 4.74 Å². The number of anilines is 1. The number of ether oxygens (including phenoxy) is 1. The topological polar surface area (TPSA) is 38.2 Å². The molecule has 1 aromatic heterocycles. The minimum absolute atomic E-state index is 0.261. The average Bonchev–Trinajstić information content (AvgIpc) is 2.17. The minimum atomic E-state index is 0.261. The molecule has 1 aromatic rings. The van der Waals surface area contributed by atoms with Gasteiger partial charge in [-0.05, 0) is 20.8 Å². The summed E-state index contributed by atoms with van der Waals surface area (Å²) in [7, 11) is 0. The number of hydrogen-bond acceptors (Lipinski definition) is 4. The molecule has 2 atom stereocenters. The van der Waals surface area contributed by atoms with Crippen molar-refractivity contribution >= 4 is 5.82 Å². The Kier molecular flexibility index (Phi) is 2.86. The maximum atomic E-state index is 5.67. The molecule has 0 amide bonds. The lowest BCUT2D eigenvalue weighted by atomic mass is 10.2. The molecule has 0 aliphatic carbocycles. The normalized spacial score (nSPS) is 26.7. The average molecular weight is 207 g/mol. The second-order valence-corrected chi connectivity index (χ2v) is 4.18. The summed E-state index contributed by atoms with van der Waals surface area (Å²) in [6.07, 6.45) is 4.16. The second-order valence-electron chi connectivity index (χ2n) is 4.18. The Balaban J connectivity index is 2.12. The highest BCUT2D eigenvalue weighted by Crippen LogP contribution is 2.16. The fourth-order valence-electron chi connectivity index (χ4n) is 1.91. The predicted molar refractivity (Wildman–Crippen MR) is 59.0 cm³/mol. The van der Waals surface area contributed by atoms with Gasteiger partial charge in [-0.25, -0.2) is 4.98 Å². The molecule has 0 aromatic carbocycles. The van der Waals surface area contributed by atoms with Crippen LogP contribution in [0.15, 0.2) is 12.4 Å². The largest absolute Gasteiger partial charge is 0.372 e. The van der Waals surface area contributed by atoms with Crippen LogP contribution in [0.5, 0.6) is 0 Å². The van der Waals surface area contributed by atoms with Gasteiger partial charge in [-0.15, -0.1) is 0 Å². The van der Waals surface area contributed by atoms with Crippen LogP contribution in [0, 0.1) is 6.92 Å². The fraction of sp³-hybridized carbons (Fsp3) is 0.636. The van der Waals surface area contributed by atoms with E-state index in [9.17, 15) is 0 Å². The first-order valence-electron chi connectivity index (χ1n) is 5.34. The van der Waals surface area contributed by atoms with E-state index in [-0.39, 0.29) is 12.2 Å². The van der Waals surface area contributed by atoms with Crippen molar-refractivity contribution in [3.05, 3.63) is 18.1 Å². The number of nitrogens with zero attached hydrogens (tertiary/aromatic N) is 3. The molecular weight excluding hydrogens is 190 g/mol. The van der Waals surface area contributed by atoms with E-state index in [0.717, 1.165) is 24.6 Å². The number of aryl methyl sites for hydroxylation is 1. The first-order chi connectivity index (χ1) is 7.15. The number of aromatic nitrogens is 2. The van der Waals surface area contributed by atoms with Crippen LogP contribution in [0.2, 0.25) is 0 Å². The third-order valence-corrected chi connectivity index (χ3v) is 2.51. The molecule has 0 N–H and O–H groups in total. The number of hydrogen-bond donors (Lipinski definition) is 0. The van der Waals surface area contributed by atoms with E-state index in [0.29, 0.717) is 0 Å². The van der Waals surface area contributed by atoms with Gasteiger partial charge in [0.2, 0.25) is 0 Å². The summed E-state index contributed by atoms with van der Waals surface area (Å²) in [5.41, 5.74) is 0.952. The zero-order valence-corrected chi connectivity index (χ0v) is 9.47. The van der Waals surface area contributed by atoms with E-state index in [1.54, 1.807) is 6.20 Å². The Labute approximate surface area is 90.3 Å². The van der Waals surface area contributed by atoms with Crippen molar-refractivity contribution in [1.82, 2.24) is 9.97 Å². The molecule has 0 radical (unpaired) electrons. The van der Waals surface area contributed by atoms with Gasteiger partial charge in [0.15, 0.2) is 0 Å². The summed E-state index contributed by atoms with van der Waals surface area (Å²) in [5, 5.41) is 0. The summed E-state index contributed by atoms with van der Waals surface area (Å²) in [6.45, 7) is 7.90. The standard InChI is InChI=1S/C11H17N3O/c1-8-4-13-11(5-12-8)14-6-9(2)15-10(3)7-14/h4-5,9-10H,6-7H2,1-3H3/t9-,10+. The van der Waals surface area contributed by atoms with Gasteiger partial charge >= 0.3 is 0 Å². The second kappa shape index (κ2) is 4.14. The van der Waals surface area contributed by atoms with Gasteiger partial charge in [0.25, 0.3) is 0 Å². The van der Waals surface area contributed by atoms with Crippen LogP contribution in [0.3, 0.4) is 0 Å². The molecule has 0 bridgehead atoms. The zero-order valence-electron chi connectivity index (χ0n) is 9.47. The predicted octanol–water partition coefficient (Wildman–Crippen LogP) is 1.40. The molecule has 1 fully saturated rings. The highest BCUT2D eigenvalue weighted by molar-refractivity contribution is 5.36. The number of rotatable bonds is 1. The van der Waals surface area contributed by atoms with E-state index in [1.807, 2.05) is 13.1 Å². The van der Waals surface area contributed by atoms with E-state index < -0.39 is 0 Å². The van der Waals surface area contributed by atoms with Crippen LogP contribution in [0.4, 0.5) is 5.82 Å². The Hall–Kier alpha value is -1.16. The van der Waals surface area contributed by atoms with Crippen molar-refractivity contribution in [2.45, 2.75) is 33.0 Å². The minimum Gasteiger partial charge on any atom is -0.372 e. The Morgan fingerprint density at radius 3 is 2.40 bits per heavy atom. The van der Waals surface area contributed by atoms with E-state index in [4.69, 9.17) is 4.74 Å². The molecule has 1 aliphatic heterocycles. The first kappa shape index (κ1) is 10.4. The molecule has 1 saturated heterocycles. The molecule has 0 saturated carbocycles. The third-order valence-electron chi connectivity index (χ3n) is 2.51. The first-order valence-corrected chi connectivity index (χ1v) is 5.34. The van der Waals surface area contributed by atoms with Crippen molar-refractivity contribution in [3.63, 3.8) is 0 Å². The van der Waals surface area contributed by atoms with Crippen molar-refractivity contribution in [2.75, 3.05) is 18.0 Å². The highest BCUT2D eigenvalue weighted by atomic mass is 16.5. The highest BCUT2D eigenvalue weighted by Gasteiger charge is 2.22. The molecule has 1 aliphatic rings. The lowest BCUT2D eigenvalue weighted by Gasteiger charge is -2.35. The van der Waals surface area contributed by atoms with Gasteiger partial charge in [-0.3, -0.25) is 4.98 Å². The monoisotopic (exact) mass is 207 g/mol. The van der Waals surface area contributed by atoms with Crippen molar-refractivity contribution in [1.29, 1.82) is 0 Å². The van der Waals surface area contributed by atoms with Gasteiger partial charge in [-0.2, -0.15) is 0 Å². The van der Waals surface area contributed by atoms with Gasteiger partial charge in [0.1, 0.15) is 5.82 Å². The SMILES string of the molecule is Cc1cnc(N2C[C@@H](C)O[C@@H](C)C2)cn1. The third kappa shape index (κ3) is 2.45. The van der Waals surface area contributed by atoms with Gasteiger partial charge < -0.3 is 9.64 Å². The molecule has 2 heterocycles. The summed E-state index contributed by atoms with van der Waals surface area (Å²) in [4.78, 5) is 10.9. The smallest absolute Gasteiger partial charge is 0.147 e. The lowest BCUT2D eigenvalue weighted by Crippen LogP contribution is -2.45. The van der Waals surface area contributed by atoms with E-state index in [2.05, 4.69) is 28.7 Å². The Morgan fingerprint density at radius 2 is 1.87 bits per heavy atom. The maximum Gasteiger partial charge on any atom is 0.147 e. The van der Waals surface area contributed by atoms with Gasteiger partial charge in [0.05, 0.1) is 30.3 Å². The molecule has 15 heavy (non-hydrogen) atoms. The van der Waals surface area contributed by atoms with E-state index in [1.165, 1.54) is 0 Å². The summed E-state index contributed by atoms with van der Waals surface area (Å²) in [5.74, 6) is 0.947. The lowest BCUT2D eigenvalue weighted by molar-refractivity contribution is -0.00547. The molecular formula is C11H17N3O. The van der Waals surface area contributed by atoms with Crippen LogP contribution in [-0.4, -0.2) is 35.3 Å². The molecule has 82 valence electrons. The molecule has 0 spiro atoms. The van der Waals surface area contributed by atoms with Gasteiger partial charge in [-0.1, -0.05) is 0 Å². The fourth-order valence-corrected chi connectivity index (χ4v) is 1.91. The van der Waals surface area contributed by atoms with Gasteiger partial charge in [0, 0.05) is 13.1 Å². The Morgan fingerprint density at radius 1 is 1.20 bits per heavy atom.